The lowest BCUT2D eigenvalue weighted by Gasteiger charge is -2.22. The molecular formula is C15H23FN4. The van der Waals surface area contributed by atoms with Crippen molar-refractivity contribution in [1.82, 2.24) is 14.5 Å². The molecule has 1 aromatic carbocycles. The number of halogens is 1. The molecule has 1 heterocycles. The number of hydrogen-bond donors (Lipinski definition) is 1. The highest BCUT2D eigenvalue weighted by Gasteiger charge is 2.19. The number of rotatable bonds is 5. The molecule has 2 rings (SSSR count). The molecule has 0 spiro atoms. The van der Waals surface area contributed by atoms with Gasteiger partial charge in [-0.1, -0.05) is 6.92 Å². The number of imidazole rings is 1. The summed E-state index contributed by atoms with van der Waals surface area (Å²) < 4.78 is 15.5. The van der Waals surface area contributed by atoms with Crippen LogP contribution in [0.15, 0.2) is 18.2 Å². The summed E-state index contributed by atoms with van der Waals surface area (Å²) in [6.45, 7) is 4.86. The van der Waals surface area contributed by atoms with Crippen molar-refractivity contribution in [2.75, 3.05) is 14.1 Å². The fourth-order valence-corrected chi connectivity index (χ4v) is 2.23. The molecule has 0 saturated carbocycles. The van der Waals surface area contributed by atoms with Crippen LogP contribution in [0.25, 0.3) is 11.0 Å². The number of fused-ring (bicyclic) bond motifs is 1. The zero-order valence-electron chi connectivity index (χ0n) is 12.6. The SMILES string of the molecule is CCC(N)Cn1c(C(C)N(C)C)nc2cc(F)ccc21. The van der Waals surface area contributed by atoms with Crippen molar-refractivity contribution in [3.63, 3.8) is 0 Å². The molecule has 0 bridgehead atoms. The van der Waals surface area contributed by atoms with Crippen LogP contribution in [-0.2, 0) is 6.54 Å². The monoisotopic (exact) mass is 278 g/mol. The fourth-order valence-electron chi connectivity index (χ4n) is 2.23. The Kier molecular flexibility index (Phi) is 4.40. The maximum Gasteiger partial charge on any atom is 0.127 e. The first-order valence-electron chi connectivity index (χ1n) is 7.01. The molecule has 1 aromatic heterocycles. The molecule has 0 aliphatic carbocycles. The molecule has 5 heteroatoms. The first-order valence-corrected chi connectivity index (χ1v) is 7.01. The van der Waals surface area contributed by atoms with E-state index in [1.165, 1.54) is 12.1 Å². The minimum Gasteiger partial charge on any atom is -0.326 e. The fraction of sp³-hybridized carbons (Fsp3) is 0.533. The molecule has 110 valence electrons. The third kappa shape index (κ3) is 2.83. The first kappa shape index (κ1) is 14.9. The van der Waals surface area contributed by atoms with Crippen LogP contribution in [0.5, 0.6) is 0 Å². The Morgan fingerprint density at radius 2 is 2.10 bits per heavy atom. The zero-order chi connectivity index (χ0) is 14.9. The predicted octanol–water partition coefficient (Wildman–Crippen LogP) is 2.54. The zero-order valence-corrected chi connectivity index (χ0v) is 12.6. The summed E-state index contributed by atoms with van der Waals surface area (Å²) in [6.07, 6.45) is 0.899. The van der Waals surface area contributed by atoms with Crippen LogP contribution in [0.2, 0.25) is 0 Å². The lowest BCUT2D eigenvalue weighted by molar-refractivity contribution is 0.299. The van der Waals surface area contributed by atoms with Gasteiger partial charge in [-0.15, -0.1) is 0 Å². The molecule has 2 atom stereocenters. The van der Waals surface area contributed by atoms with E-state index in [-0.39, 0.29) is 17.9 Å². The highest BCUT2D eigenvalue weighted by molar-refractivity contribution is 5.76. The number of nitrogens with zero attached hydrogens (tertiary/aromatic N) is 3. The predicted molar refractivity (Wildman–Crippen MR) is 80.1 cm³/mol. The second-order valence-corrected chi connectivity index (χ2v) is 5.52. The van der Waals surface area contributed by atoms with Gasteiger partial charge in [-0.25, -0.2) is 9.37 Å². The second kappa shape index (κ2) is 5.89. The van der Waals surface area contributed by atoms with Gasteiger partial charge in [-0.3, -0.25) is 4.90 Å². The van der Waals surface area contributed by atoms with Crippen LogP contribution in [0, 0.1) is 5.82 Å². The quantitative estimate of drug-likeness (QED) is 0.914. The molecular weight excluding hydrogens is 255 g/mol. The van der Waals surface area contributed by atoms with E-state index in [4.69, 9.17) is 5.73 Å². The van der Waals surface area contributed by atoms with Crippen LogP contribution >= 0.6 is 0 Å². The molecule has 4 nitrogen and oxygen atoms in total. The molecule has 0 amide bonds. The standard InChI is InChI=1S/C15H23FN4/c1-5-12(17)9-20-14-7-6-11(16)8-13(14)18-15(20)10(2)19(3)4/h6-8,10,12H,5,9,17H2,1-4H3. The van der Waals surface area contributed by atoms with Gasteiger partial charge < -0.3 is 10.3 Å². The van der Waals surface area contributed by atoms with E-state index in [1.54, 1.807) is 6.07 Å². The van der Waals surface area contributed by atoms with Gasteiger partial charge in [0.2, 0.25) is 0 Å². The lowest BCUT2D eigenvalue weighted by Crippen LogP contribution is -2.28. The van der Waals surface area contributed by atoms with E-state index in [2.05, 4.69) is 28.3 Å². The maximum atomic E-state index is 13.4. The molecule has 0 saturated heterocycles. The topological polar surface area (TPSA) is 47.1 Å². The highest BCUT2D eigenvalue weighted by atomic mass is 19.1. The van der Waals surface area contributed by atoms with Crippen molar-refractivity contribution in [3.8, 4) is 0 Å². The van der Waals surface area contributed by atoms with Crippen LogP contribution in [0.3, 0.4) is 0 Å². The molecule has 0 aliphatic heterocycles. The van der Waals surface area contributed by atoms with Gasteiger partial charge in [0.1, 0.15) is 11.6 Å². The van der Waals surface area contributed by atoms with Crippen molar-refractivity contribution < 1.29 is 4.39 Å². The van der Waals surface area contributed by atoms with Crippen molar-refractivity contribution in [3.05, 3.63) is 29.8 Å². The smallest absolute Gasteiger partial charge is 0.127 e. The molecule has 2 unspecified atom stereocenters. The summed E-state index contributed by atoms with van der Waals surface area (Å²) in [6, 6.07) is 4.96. The summed E-state index contributed by atoms with van der Waals surface area (Å²) in [5, 5.41) is 0. The number of aromatic nitrogens is 2. The Hall–Kier alpha value is -1.46. The Morgan fingerprint density at radius 3 is 2.70 bits per heavy atom. The van der Waals surface area contributed by atoms with Gasteiger partial charge in [0.15, 0.2) is 0 Å². The molecule has 0 fully saturated rings. The molecule has 2 aromatic rings. The average Bonchev–Trinajstić information content (AvgIpc) is 2.75. The molecule has 0 radical (unpaired) electrons. The highest BCUT2D eigenvalue weighted by Crippen LogP contribution is 2.24. The molecule has 0 aliphatic rings. The second-order valence-electron chi connectivity index (χ2n) is 5.52. The summed E-state index contributed by atoms with van der Waals surface area (Å²) in [7, 11) is 4.02. The van der Waals surface area contributed by atoms with Gasteiger partial charge in [0, 0.05) is 18.7 Å². The van der Waals surface area contributed by atoms with Gasteiger partial charge >= 0.3 is 0 Å². The van der Waals surface area contributed by atoms with Crippen molar-refractivity contribution >= 4 is 11.0 Å². The van der Waals surface area contributed by atoms with E-state index < -0.39 is 0 Å². The normalized spacial score (nSPS) is 14.9. The molecule has 20 heavy (non-hydrogen) atoms. The van der Waals surface area contributed by atoms with E-state index in [9.17, 15) is 4.39 Å². The van der Waals surface area contributed by atoms with E-state index >= 15 is 0 Å². The number of nitrogens with two attached hydrogens (primary N) is 1. The third-order valence-corrected chi connectivity index (χ3v) is 3.83. The van der Waals surface area contributed by atoms with Gasteiger partial charge in [0.05, 0.1) is 17.1 Å². The summed E-state index contributed by atoms with van der Waals surface area (Å²) >= 11 is 0. The maximum absolute atomic E-state index is 13.4. The van der Waals surface area contributed by atoms with Crippen LogP contribution in [0.1, 0.15) is 32.1 Å². The summed E-state index contributed by atoms with van der Waals surface area (Å²) in [5.74, 6) is 0.672. The summed E-state index contributed by atoms with van der Waals surface area (Å²) in [4.78, 5) is 6.70. The Bertz CT molecular complexity index is 591. The molecule has 2 N–H and O–H groups in total. The Balaban J connectivity index is 2.56. The summed E-state index contributed by atoms with van der Waals surface area (Å²) in [5.41, 5.74) is 7.73. The minimum absolute atomic E-state index is 0.0746. The third-order valence-electron chi connectivity index (χ3n) is 3.83. The first-order chi connectivity index (χ1) is 9.43. The van der Waals surface area contributed by atoms with E-state index in [0.29, 0.717) is 12.1 Å². The van der Waals surface area contributed by atoms with Crippen molar-refractivity contribution in [2.24, 2.45) is 5.73 Å². The van der Waals surface area contributed by atoms with Crippen LogP contribution in [0.4, 0.5) is 4.39 Å². The van der Waals surface area contributed by atoms with Gasteiger partial charge in [-0.05, 0) is 39.6 Å². The number of hydrogen-bond acceptors (Lipinski definition) is 3. The number of benzene rings is 1. The van der Waals surface area contributed by atoms with Crippen LogP contribution < -0.4 is 5.73 Å². The minimum atomic E-state index is -0.258. The van der Waals surface area contributed by atoms with Crippen molar-refractivity contribution in [1.29, 1.82) is 0 Å². The Morgan fingerprint density at radius 1 is 1.40 bits per heavy atom. The van der Waals surface area contributed by atoms with E-state index in [0.717, 1.165) is 17.8 Å². The van der Waals surface area contributed by atoms with E-state index in [1.807, 2.05) is 14.1 Å². The van der Waals surface area contributed by atoms with Gasteiger partial charge in [-0.2, -0.15) is 0 Å². The Labute approximate surface area is 119 Å². The van der Waals surface area contributed by atoms with Gasteiger partial charge in [0.25, 0.3) is 0 Å². The van der Waals surface area contributed by atoms with Crippen LogP contribution in [-0.4, -0.2) is 34.6 Å². The lowest BCUT2D eigenvalue weighted by atomic mass is 10.2. The van der Waals surface area contributed by atoms with Crippen molar-refractivity contribution in [2.45, 2.75) is 38.9 Å². The average molecular weight is 278 g/mol. The largest absolute Gasteiger partial charge is 0.326 e.